The number of nitrogens with zero attached hydrogens (tertiary/aromatic N) is 4. The van der Waals surface area contributed by atoms with Crippen LogP contribution in [0.25, 0.3) is 5.69 Å². The molecule has 2 aromatic rings. The van der Waals surface area contributed by atoms with Crippen LogP contribution in [-0.4, -0.2) is 76.7 Å². The number of piperazine rings is 1. The van der Waals surface area contributed by atoms with E-state index in [0.717, 1.165) is 55.4 Å². The highest BCUT2D eigenvalue weighted by atomic mass is 16.2. The standard InChI is InChI=1S/C24H36N6O2/c1-5-18(2)25-23(32)17-29-15-13-28(14-16-29)12-11-22(31)26-24-19(3)27-30(20(24)4)21-9-7-6-8-10-21/h6-10,18H,5,11-17H2,1-4H3,(H,25,32)(H,26,31). The third-order valence-corrected chi connectivity index (χ3v) is 6.06. The summed E-state index contributed by atoms with van der Waals surface area (Å²) in [6.45, 7) is 12.6. The second-order valence-corrected chi connectivity index (χ2v) is 8.59. The summed E-state index contributed by atoms with van der Waals surface area (Å²) in [5, 5.41) is 10.7. The number of para-hydroxylation sites is 1. The molecule has 1 aliphatic heterocycles. The van der Waals surface area contributed by atoms with Crippen LogP contribution in [0.15, 0.2) is 30.3 Å². The van der Waals surface area contributed by atoms with E-state index in [1.165, 1.54) is 0 Å². The van der Waals surface area contributed by atoms with E-state index in [0.29, 0.717) is 19.5 Å². The lowest BCUT2D eigenvalue weighted by Crippen LogP contribution is -2.50. The lowest BCUT2D eigenvalue weighted by Gasteiger charge is -2.34. The maximum Gasteiger partial charge on any atom is 0.234 e. The fraction of sp³-hybridized carbons (Fsp3) is 0.542. The first kappa shape index (κ1) is 23.9. The van der Waals surface area contributed by atoms with Gasteiger partial charge in [-0.2, -0.15) is 5.10 Å². The molecule has 0 spiro atoms. The summed E-state index contributed by atoms with van der Waals surface area (Å²) < 4.78 is 1.86. The van der Waals surface area contributed by atoms with Crippen molar-refractivity contribution in [2.24, 2.45) is 0 Å². The molecule has 3 rings (SSSR count). The van der Waals surface area contributed by atoms with Crippen LogP contribution in [0.1, 0.15) is 38.1 Å². The number of benzene rings is 1. The van der Waals surface area contributed by atoms with Crippen LogP contribution in [-0.2, 0) is 9.59 Å². The molecule has 0 radical (unpaired) electrons. The van der Waals surface area contributed by atoms with Gasteiger partial charge in [-0.1, -0.05) is 25.1 Å². The minimum absolute atomic E-state index is 0.000766. The lowest BCUT2D eigenvalue weighted by atomic mass is 10.2. The van der Waals surface area contributed by atoms with Crippen molar-refractivity contribution in [1.29, 1.82) is 0 Å². The van der Waals surface area contributed by atoms with Crippen molar-refractivity contribution in [1.82, 2.24) is 24.9 Å². The second-order valence-electron chi connectivity index (χ2n) is 8.59. The molecule has 2 N–H and O–H groups in total. The van der Waals surface area contributed by atoms with Gasteiger partial charge in [0.05, 0.1) is 29.3 Å². The van der Waals surface area contributed by atoms with E-state index in [-0.39, 0.29) is 17.9 Å². The monoisotopic (exact) mass is 440 g/mol. The lowest BCUT2D eigenvalue weighted by molar-refractivity contribution is -0.123. The van der Waals surface area contributed by atoms with Gasteiger partial charge in [-0.15, -0.1) is 0 Å². The fourth-order valence-electron chi connectivity index (χ4n) is 3.90. The highest BCUT2D eigenvalue weighted by molar-refractivity contribution is 5.92. The van der Waals surface area contributed by atoms with Gasteiger partial charge in [-0.05, 0) is 39.3 Å². The first-order chi connectivity index (χ1) is 15.4. The third-order valence-electron chi connectivity index (χ3n) is 6.06. The van der Waals surface area contributed by atoms with Gasteiger partial charge in [0.2, 0.25) is 11.8 Å². The minimum atomic E-state index is -0.000766. The first-order valence-electron chi connectivity index (χ1n) is 11.5. The van der Waals surface area contributed by atoms with Gasteiger partial charge in [0.25, 0.3) is 0 Å². The normalized spacial score (nSPS) is 16.0. The summed E-state index contributed by atoms with van der Waals surface area (Å²) in [5.41, 5.74) is 3.50. The summed E-state index contributed by atoms with van der Waals surface area (Å²) in [5.74, 6) is 0.0909. The summed E-state index contributed by atoms with van der Waals surface area (Å²) >= 11 is 0. The molecule has 1 aliphatic rings. The van der Waals surface area contributed by atoms with E-state index >= 15 is 0 Å². The zero-order chi connectivity index (χ0) is 23.1. The molecule has 0 saturated carbocycles. The van der Waals surface area contributed by atoms with E-state index in [1.807, 2.05) is 55.8 Å². The maximum absolute atomic E-state index is 12.6. The summed E-state index contributed by atoms with van der Waals surface area (Å²) in [4.78, 5) is 29.1. The number of carbonyl (C=O) groups excluding carboxylic acids is 2. The van der Waals surface area contributed by atoms with Crippen molar-refractivity contribution in [3.05, 3.63) is 41.7 Å². The smallest absolute Gasteiger partial charge is 0.234 e. The van der Waals surface area contributed by atoms with Gasteiger partial charge in [0, 0.05) is 45.2 Å². The summed E-state index contributed by atoms with van der Waals surface area (Å²) in [7, 11) is 0. The van der Waals surface area contributed by atoms with Crippen LogP contribution >= 0.6 is 0 Å². The predicted octanol–water partition coefficient (Wildman–Crippen LogP) is 2.35. The Morgan fingerprint density at radius 1 is 1.03 bits per heavy atom. The topological polar surface area (TPSA) is 82.5 Å². The van der Waals surface area contributed by atoms with Crippen molar-refractivity contribution < 1.29 is 9.59 Å². The molecule has 2 heterocycles. The molecule has 1 saturated heterocycles. The van der Waals surface area contributed by atoms with Crippen molar-refractivity contribution in [2.75, 3.05) is 44.6 Å². The van der Waals surface area contributed by atoms with Gasteiger partial charge in [-0.25, -0.2) is 4.68 Å². The van der Waals surface area contributed by atoms with E-state index in [1.54, 1.807) is 0 Å². The van der Waals surface area contributed by atoms with Crippen LogP contribution in [0.2, 0.25) is 0 Å². The molecule has 8 nitrogen and oxygen atoms in total. The Bertz CT molecular complexity index is 903. The molecule has 32 heavy (non-hydrogen) atoms. The molecule has 1 fully saturated rings. The SMILES string of the molecule is CCC(C)NC(=O)CN1CCN(CCC(=O)Nc2c(C)nn(-c3ccccc3)c2C)CC1. The van der Waals surface area contributed by atoms with Gasteiger partial charge in [-0.3, -0.25) is 14.5 Å². The van der Waals surface area contributed by atoms with Crippen LogP contribution in [0.3, 0.4) is 0 Å². The number of nitrogens with one attached hydrogen (secondary N) is 2. The Balaban J connectivity index is 1.44. The Morgan fingerprint density at radius 3 is 2.34 bits per heavy atom. The average molecular weight is 441 g/mol. The Hall–Kier alpha value is -2.71. The zero-order valence-corrected chi connectivity index (χ0v) is 19.7. The van der Waals surface area contributed by atoms with Crippen molar-refractivity contribution >= 4 is 17.5 Å². The molecular formula is C24H36N6O2. The number of hydrogen-bond donors (Lipinski definition) is 2. The highest BCUT2D eigenvalue weighted by Gasteiger charge is 2.21. The Kier molecular flexibility index (Phi) is 8.41. The van der Waals surface area contributed by atoms with E-state index in [4.69, 9.17) is 0 Å². The summed E-state index contributed by atoms with van der Waals surface area (Å²) in [6, 6.07) is 10.1. The highest BCUT2D eigenvalue weighted by Crippen LogP contribution is 2.22. The van der Waals surface area contributed by atoms with Crippen molar-refractivity contribution in [3.63, 3.8) is 0 Å². The Morgan fingerprint density at radius 2 is 1.69 bits per heavy atom. The number of aryl methyl sites for hydroxylation is 1. The van der Waals surface area contributed by atoms with Gasteiger partial charge < -0.3 is 15.5 Å². The van der Waals surface area contributed by atoms with Crippen LogP contribution in [0.5, 0.6) is 0 Å². The molecular weight excluding hydrogens is 404 g/mol. The second kappa shape index (κ2) is 11.2. The van der Waals surface area contributed by atoms with Crippen molar-refractivity contribution in [3.8, 4) is 5.69 Å². The van der Waals surface area contributed by atoms with E-state index in [2.05, 4.69) is 32.5 Å². The number of amides is 2. The van der Waals surface area contributed by atoms with Crippen LogP contribution in [0.4, 0.5) is 5.69 Å². The van der Waals surface area contributed by atoms with E-state index < -0.39 is 0 Å². The molecule has 1 atom stereocenters. The molecule has 0 bridgehead atoms. The molecule has 174 valence electrons. The number of aromatic nitrogens is 2. The number of hydrogen-bond acceptors (Lipinski definition) is 5. The summed E-state index contributed by atoms with van der Waals surface area (Å²) in [6.07, 6.45) is 1.37. The van der Waals surface area contributed by atoms with Crippen LogP contribution in [0, 0.1) is 13.8 Å². The molecule has 8 heteroatoms. The molecule has 0 aliphatic carbocycles. The number of anilines is 1. The maximum atomic E-state index is 12.6. The molecule has 2 amide bonds. The minimum Gasteiger partial charge on any atom is -0.353 e. The third kappa shape index (κ3) is 6.40. The van der Waals surface area contributed by atoms with Gasteiger partial charge in [0.1, 0.15) is 0 Å². The number of rotatable bonds is 9. The molecule has 1 unspecified atom stereocenters. The van der Waals surface area contributed by atoms with E-state index in [9.17, 15) is 9.59 Å². The molecule has 1 aromatic carbocycles. The fourth-order valence-corrected chi connectivity index (χ4v) is 3.90. The van der Waals surface area contributed by atoms with Gasteiger partial charge in [0.15, 0.2) is 0 Å². The predicted molar refractivity (Wildman–Crippen MR) is 127 cm³/mol. The quantitative estimate of drug-likeness (QED) is 0.626. The molecule has 1 aromatic heterocycles. The van der Waals surface area contributed by atoms with Crippen molar-refractivity contribution in [2.45, 2.75) is 46.6 Å². The average Bonchev–Trinajstić information content (AvgIpc) is 3.07. The Labute approximate surface area is 191 Å². The number of carbonyl (C=O) groups is 2. The largest absolute Gasteiger partial charge is 0.353 e. The van der Waals surface area contributed by atoms with Crippen LogP contribution < -0.4 is 10.6 Å². The zero-order valence-electron chi connectivity index (χ0n) is 19.7. The van der Waals surface area contributed by atoms with Gasteiger partial charge >= 0.3 is 0 Å². The first-order valence-corrected chi connectivity index (χ1v) is 11.5.